The summed E-state index contributed by atoms with van der Waals surface area (Å²) in [5.74, 6) is 1.15. The molecule has 2 aromatic heterocycles. The molecular weight excluding hydrogens is 430 g/mol. The maximum Gasteiger partial charge on any atom is 0.274 e. The van der Waals surface area contributed by atoms with Gasteiger partial charge in [-0.3, -0.25) is 14.7 Å². The van der Waals surface area contributed by atoms with Gasteiger partial charge in [-0.2, -0.15) is 5.10 Å². The van der Waals surface area contributed by atoms with Crippen molar-refractivity contribution in [2.45, 2.75) is 51.5 Å². The van der Waals surface area contributed by atoms with Gasteiger partial charge in [0.1, 0.15) is 0 Å². The summed E-state index contributed by atoms with van der Waals surface area (Å²) in [6.07, 6.45) is 7.35. The number of hydrogen-bond donors (Lipinski definition) is 2. The average Bonchev–Trinajstić information content (AvgIpc) is 3.30. The smallest absolute Gasteiger partial charge is 0.274 e. The van der Waals surface area contributed by atoms with Gasteiger partial charge in [-0.15, -0.1) is 0 Å². The molecule has 0 radical (unpaired) electrons. The number of nitrogens with one attached hydrogen (secondary N) is 2. The second-order valence-corrected chi connectivity index (χ2v) is 9.31. The van der Waals surface area contributed by atoms with E-state index in [-0.39, 0.29) is 17.7 Å². The molecule has 9 heteroatoms. The summed E-state index contributed by atoms with van der Waals surface area (Å²) >= 11 is 6.25. The number of nitrogens with zero attached hydrogens (tertiary/aromatic N) is 3. The summed E-state index contributed by atoms with van der Waals surface area (Å²) in [7, 11) is 1.53. The molecule has 3 heterocycles. The molecule has 1 saturated carbocycles. The summed E-state index contributed by atoms with van der Waals surface area (Å²) in [4.78, 5) is 31.5. The number of hydrogen-bond acceptors (Lipinski definition) is 5. The maximum absolute atomic E-state index is 12.9. The Balaban J connectivity index is 1.33. The van der Waals surface area contributed by atoms with E-state index in [1.54, 1.807) is 17.0 Å². The zero-order valence-corrected chi connectivity index (χ0v) is 19.3. The van der Waals surface area contributed by atoms with Gasteiger partial charge in [0.15, 0.2) is 5.69 Å². The lowest BCUT2D eigenvalue weighted by atomic mass is 9.86. The minimum absolute atomic E-state index is 0.0313. The topological polar surface area (TPSA) is 100 Å². The highest BCUT2D eigenvalue weighted by molar-refractivity contribution is 6.33. The molecule has 2 fully saturated rings. The number of amides is 2. The number of likely N-dealkylation sites (tertiary alicyclic amines) is 1. The summed E-state index contributed by atoms with van der Waals surface area (Å²) in [6.45, 7) is 3.37. The standard InChI is InChI=1S/C23H30ClN5O3/c1-14-3-5-16(6-4-14)26-22(30)15-7-9-29(10-8-15)23(31)20-12-19(27-28-20)17-11-21(32-2)25-13-18(17)24/h11-16H,3-10H2,1-2H3,(H,26,30)(H,27,28). The van der Waals surface area contributed by atoms with E-state index < -0.39 is 0 Å². The molecule has 2 N–H and O–H groups in total. The molecule has 1 aliphatic carbocycles. The first-order valence-electron chi connectivity index (χ1n) is 11.3. The van der Waals surface area contributed by atoms with Crippen LogP contribution in [0, 0.1) is 11.8 Å². The molecule has 32 heavy (non-hydrogen) atoms. The molecule has 8 nitrogen and oxygen atoms in total. The van der Waals surface area contributed by atoms with Crippen LogP contribution in [0.1, 0.15) is 55.9 Å². The van der Waals surface area contributed by atoms with E-state index in [1.807, 2.05) is 0 Å². The Bertz CT molecular complexity index is 962. The number of methoxy groups -OCH3 is 1. The van der Waals surface area contributed by atoms with Gasteiger partial charge in [0.25, 0.3) is 5.91 Å². The molecule has 0 atom stereocenters. The van der Waals surface area contributed by atoms with Crippen molar-refractivity contribution < 1.29 is 14.3 Å². The van der Waals surface area contributed by atoms with Crippen LogP contribution < -0.4 is 10.1 Å². The van der Waals surface area contributed by atoms with Crippen LogP contribution in [-0.2, 0) is 4.79 Å². The summed E-state index contributed by atoms with van der Waals surface area (Å²) in [6, 6.07) is 3.69. The normalized spacial score (nSPS) is 21.9. The number of carbonyl (C=O) groups excluding carboxylic acids is 2. The molecule has 0 aromatic carbocycles. The van der Waals surface area contributed by atoms with E-state index >= 15 is 0 Å². The van der Waals surface area contributed by atoms with Gasteiger partial charge >= 0.3 is 0 Å². The van der Waals surface area contributed by atoms with Crippen molar-refractivity contribution in [3.8, 4) is 17.1 Å². The lowest BCUT2D eigenvalue weighted by Crippen LogP contribution is -2.46. The Morgan fingerprint density at radius 2 is 1.88 bits per heavy atom. The average molecular weight is 460 g/mol. The zero-order chi connectivity index (χ0) is 22.7. The van der Waals surface area contributed by atoms with E-state index in [1.165, 1.54) is 26.1 Å². The molecule has 1 saturated heterocycles. The summed E-state index contributed by atoms with van der Waals surface area (Å²) in [5, 5.41) is 10.7. The number of ether oxygens (including phenoxy) is 1. The molecule has 0 unspecified atom stereocenters. The number of pyridine rings is 1. The van der Waals surface area contributed by atoms with Gasteiger partial charge in [-0.25, -0.2) is 4.98 Å². The predicted molar refractivity (Wildman–Crippen MR) is 122 cm³/mol. The van der Waals surface area contributed by atoms with Crippen molar-refractivity contribution in [1.29, 1.82) is 0 Å². The fourth-order valence-electron chi connectivity index (χ4n) is 4.54. The Hall–Kier alpha value is -2.61. The number of halogens is 1. The van der Waals surface area contributed by atoms with Gasteiger partial charge in [0, 0.05) is 36.7 Å². The number of rotatable bonds is 5. The quantitative estimate of drug-likeness (QED) is 0.710. The van der Waals surface area contributed by atoms with Gasteiger partial charge in [0.05, 0.1) is 24.0 Å². The number of carbonyl (C=O) groups is 2. The Morgan fingerprint density at radius 1 is 1.16 bits per heavy atom. The molecule has 0 spiro atoms. The maximum atomic E-state index is 12.9. The molecule has 0 bridgehead atoms. The molecule has 2 aliphatic rings. The summed E-state index contributed by atoms with van der Waals surface area (Å²) < 4.78 is 5.15. The first-order chi connectivity index (χ1) is 15.4. The lowest BCUT2D eigenvalue weighted by Gasteiger charge is -2.33. The summed E-state index contributed by atoms with van der Waals surface area (Å²) in [5.41, 5.74) is 1.61. The second-order valence-electron chi connectivity index (χ2n) is 8.91. The fourth-order valence-corrected chi connectivity index (χ4v) is 4.74. The SMILES string of the molecule is COc1cc(-c2cc(C(=O)N3CCC(C(=O)NC4CCC(C)CC4)CC3)n[nH]2)c(Cl)cn1. The Kier molecular flexibility index (Phi) is 6.98. The predicted octanol–water partition coefficient (Wildman–Crippen LogP) is 3.68. The van der Waals surface area contributed by atoms with Gasteiger partial charge < -0.3 is 15.0 Å². The monoisotopic (exact) mass is 459 g/mol. The fraction of sp³-hybridized carbons (Fsp3) is 0.565. The third-order valence-electron chi connectivity index (χ3n) is 6.64. The van der Waals surface area contributed by atoms with Crippen LogP contribution in [0.15, 0.2) is 18.3 Å². The van der Waals surface area contributed by atoms with E-state index in [0.717, 1.165) is 18.8 Å². The molecule has 4 rings (SSSR count). The van der Waals surface area contributed by atoms with Crippen molar-refractivity contribution in [1.82, 2.24) is 25.4 Å². The lowest BCUT2D eigenvalue weighted by molar-refractivity contribution is -0.127. The van der Waals surface area contributed by atoms with E-state index in [9.17, 15) is 9.59 Å². The largest absolute Gasteiger partial charge is 0.481 e. The zero-order valence-electron chi connectivity index (χ0n) is 18.6. The minimum Gasteiger partial charge on any atom is -0.481 e. The van der Waals surface area contributed by atoms with Gasteiger partial charge in [0.2, 0.25) is 11.8 Å². The minimum atomic E-state index is -0.148. The van der Waals surface area contributed by atoms with Crippen LogP contribution in [0.4, 0.5) is 0 Å². The van der Waals surface area contributed by atoms with Gasteiger partial charge in [-0.05, 0) is 50.5 Å². The van der Waals surface area contributed by atoms with Crippen LogP contribution >= 0.6 is 11.6 Å². The van der Waals surface area contributed by atoms with Crippen LogP contribution in [0.2, 0.25) is 5.02 Å². The molecule has 2 aromatic rings. The number of aromatic nitrogens is 3. The van der Waals surface area contributed by atoms with Crippen LogP contribution in [0.3, 0.4) is 0 Å². The first-order valence-corrected chi connectivity index (χ1v) is 11.7. The van der Waals surface area contributed by atoms with Gasteiger partial charge in [-0.1, -0.05) is 18.5 Å². The highest BCUT2D eigenvalue weighted by atomic mass is 35.5. The van der Waals surface area contributed by atoms with E-state index in [4.69, 9.17) is 16.3 Å². The second kappa shape index (κ2) is 9.90. The Labute approximate surface area is 193 Å². The number of H-pyrrole nitrogens is 1. The van der Waals surface area contributed by atoms with Crippen LogP contribution in [0.25, 0.3) is 11.3 Å². The third-order valence-corrected chi connectivity index (χ3v) is 6.94. The van der Waals surface area contributed by atoms with E-state index in [2.05, 4.69) is 27.4 Å². The molecule has 1 aliphatic heterocycles. The van der Waals surface area contributed by atoms with E-state index in [0.29, 0.717) is 59.8 Å². The highest BCUT2D eigenvalue weighted by Gasteiger charge is 2.30. The van der Waals surface area contributed by atoms with Crippen molar-refractivity contribution in [2.24, 2.45) is 11.8 Å². The van der Waals surface area contributed by atoms with Crippen molar-refractivity contribution in [3.05, 3.63) is 29.0 Å². The van der Waals surface area contributed by atoms with Crippen molar-refractivity contribution in [2.75, 3.05) is 20.2 Å². The third kappa shape index (κ3) is 5.06. The highest BCUT2D eigenvalue weighted by Crippen LogP contribution is 2.30. The molecular formula is C23H30ClN5O3. The molecule has 172 valence electrons. The van der Waals surface area contributed by atoms with Crippen LogP contribution in [0.5, 0.6) is 5.88 Å². The molecule has 2 amide bonds. The number of piperidine rings is 1. The first kappa shape index (κ1) is 22.6. The number of aromatic amines is 1. The Morgan fingerprint density at radius 3 is 2.56 bits per heavy atom. The van der Waals surface area contributed by atoms with Crippen molar-refractivity contribution in [3.63, 3.8) is 0 Å². The van der Waals surface area contributed by atoms with Crippen LogP contribution in [-0.4, -0.2) is 58.1 Å². The van der Waals surface area contributed by atoms with Crippen molar-refractivity contribution >= 4 is 23.4 Å².